The van der Waals surface area contributed by atoms with Gasteiger partial charge < -0.3 is 15.2 Å². The SMILES string of the molecule is COC[C@H](N)C(=O)OCC(C)C. The molecule has 0 aromatic carbocycles. The van der Waals surface area contributed by atoms with E-state index in [1.165, 1.54) is 7.11 Å². The first-order valence-corrected chi connectivity index (χ1v) is 3.99. The average Bonchev–Trinajstić information content (AvgIpc) is 2.00. The molecule has 0 amide bonds. The lowest BCUT2D eigenvalue weighted by Gasteiger charge is -2.11. The Morgan fingerprint density at radius 2 is 2.00 bits per heavy atom. The Morgan fingerprint density at radius 1 is 1.42 bits per heavy atom. The summed E-state index contributed by atoms with van der Waals surface area (Å²) in [6, 6.07) is -0.659. The van der Waals surface area contributed by atoms with E-state index in [1.807, 2.05) is 13.8 Å². The zero-order chi connectivity index (χ0) is 9.56. The quantitative estimate of drug-likeness (QED) is 0.604. The summed E-state index contributed by atoms with van der Waals surface area (Å²) in [4.78, 5) is 11.0. The Labute approximate surface area is 73.0 Å². The molecule has 1 atom stereocenters. The molecule has 0 bridgehead atoms. The van der Waals surface area contributed by atoms with E-state index in [1.54, 1.807) is 0 Å². The molecule has 0 saturated carbocycles. The molecule has 0 aromatic rings. The molecule has 0 radical (unpaired) electrons. The lowest BCUT2D eigenvalue weighted by Crippen LogP contribution is -2.36. The third kappa shape index (κ3) is 5.09. The lowest BCUT2D eigenvalue weighted by molar-refractivity contribution is -0.147. The van der Waals surface area contributed by atoms with Gasteiger partial charge >= 0.3 is 5.97 Å². The van der Waals surface area contributed by atoms with Gasteiger partial charge in [0, 0.05) is 7.11 Å². The van der Waals surface area contributed by atoms with E-state index in [2.05, 4.69) is 0 Å². The number of nitrogens with two attached hydrogens (primary N) is 1. The standard InChI is InChI=1S/C8H17NO3/c1-6(2)4-12-8(10)7(9)5-11-3/h6-7H,4-5,9H2,1-3H3/t7-/m0/s1. The van der Waals surface area contributed by atoms with Crippen LogP contribution in [0.15, 0.2) is 0 Å². The summed E-state index contributed by atoms with van der Waals surface area (Å²) in [5.74, 6) is -0.0609. The van der Waals surface area contributed by atoms with E-state index in [4.69, 9.17) is 15.2 Å². The van der Waals surface area contributed by atoms with Gasteiger partial charge in [0.25, 0.3) is 0 Å². The molecule has 4 heteroatoms. The smallest absolute Gasteiger partial charge is 0.325 e. The summed E-state index contributed by atoms with van der Waals surface area (Å²) in [6.45, 7) is 4.55. The number of esters is 1. The van der Waals surface area contributed by atoms with Gasteiger partial charge in [0.05, 0.1) is 13.2 Å². The lowest BCUT2D eigenvalue weighted by atomic mass is 10.2. The van der Waals surface area contributed by atoms with Crippen LogP contribution in [0.25, 0.3) is 0 Å². The Balaban J connectivity index is 3.57. The van der Waals surface area contributed by atoms with Gasteiger partial charge in [-0.2, -0.15) is 0 Å². The van der Waals surface area contributed by atoms with E-state index in [0.29, 0.717) is 12.5 Å². The summed E-state index contributed by atoms with van der Waals surface area (Å²) in [5, 5.41) is 0. The number of hydrogen-bond acceptors (Lipinski definition) is 4. The minimum atomic E-state index is -0.659. The van der Waals surface area contributed by atoms with Crippen LogP contribution in [-0.2, 0) is 14.3 Å². The van der Waals surface area contributed by atoms with Gasteiger partial charge in [0.2, 0.25) is 0 Å². The molecule has 0 spiro atoms. The fraction of sp³-hybridized carbons (Fsp3) is 0.875. The molecule has 0 rings (SSSR count). The monoisotopic (exact) mass is 175 g/mol. The minimum Gasteiger partial charge on any atom is -0.464 e. The third-order valence-electron chi connectivity index (χ3n) is 1.21. The highest BCUT2D eigenvalue weighted by atomic mass is 16.5. The van der Waals surface area contributed by atoms with Crippen LogP contribution in [0.3, 0.4) is 0 Å². The van der Waals surface area contributed by atoms with Crippen LogP contribution >= 0.6 is 0 Å². The molecular weight excluding hydrogens is 158 g/mol. The largest absolute Gasteiger partial charge is 0.464 e. The highest BCUT2D eigenvalue weighted by Crippen LogP contribution is 1.94. The van der Waals surface area contributed by atoms with Crippen molar-refractivity contribution in [2.45, 2.75) is 19.9 Å². The summed E-state index contributed by atoms with van der Waals surface area (Å²) in [7, 11) is 1.50. The van der Waals surface area contributed by atoms with E-state index < -0.39 is 12.0 Å². The molecule has 0 fully saturated rings. The first-order chi connectivity index (χ1) is 5.57. The second-order valence-electron chi connectivity index (χ2n) is 3.09. The van der Waals surface area contributed by atoms with Crippen LogP contribution in [0.2, 0.25) is 0 Å². The van der Waals surface area contributed by atoms with Crippen molar-refractivity contribution in [3.05, 3.63) is 0 Å². The van der Waals surface area contributed by atoms with Crippen molar-refractivity contribution in [2.24, 2.45) is 11.7 Å². The third-order valence-corrected chi connectivity index (χ3v) is 1.21. The van der Waals surface area contributed by atoms with Crippen LogP contribution in [0.1, 0.15) is 13.8 Å². The van der Waals surface area contributed by atoms with Crippen molar-refractivity contribution in [2.75, 3.05) is 20.3 Å². The van der Waals surface area contributed by atoms with Crippen molar-refractivity contribution < 1.29 is 14.3 Å². The number of hydrogen-bond donors (Lipinski definition) is 1. The predicted molar refractivity (Wildman–Crippen MR) is 45.6 cm³/mol. The summed E-state index contributed by atoms with van der Waals surface area (Å²) in [6.07, 6.45) is 0. The second kappa shape index (κ2) is 5.97. The average molecular weight is 175 g/mol. The highest BCUT2D eigenvalue weighted by Gasteiger charge is 2.14. The summed E-state index contributed by atoms with van der Waals surface area (Å²) in [5.41, 5.74) is 5.41. The Hall–Kier alpha value is -0.610. The maximum absolute atomic E-state index is 11.0. The Morgan fingerprint density at radius 3 is 2.42 bits per heavy atom. The molecule has 0 aromatic heterocycles. The normalized spacial score (nSPS) is 13.1. The van der Waals surface area contributed by atoms with Gasteiger partial charge in [-0.25, -0.2) is 0 Å². The number of methoxy groups -OCH3 is 1. The number of carbonyl (C=O) groups excluding carboxylic acids is 1. The first-order valence-electron chi connectivity index (χ1n) is 3.99. The van der Waals surface area contributed by atoms with E-state index in [-0.39, 0.29) is 6.61 Å². The van der Waals surface area contributed by atoms with Gasteiger partial charge in [-0.3, -0.25) is 4.79 Å². The number of rotatable bonds is 5. The second-order valence-corrected chi connectivity index (χ2v) is 3.09. The van der Waals surface area contributed by atoms with Crippen molar-refractivity contribution in [3.63, 3.8) is 0 Å². The van der Waals surface area contributed by atoms with Crippen molar-refractivity contribution in [1.82, 2.24) is 0 Å². The Kier molecular flexibility index (Phi) is 5.66. The van der Waals surface area contributed by atoms with Gasteiger partial charge in [-0.1, -0.05) is 13.8 Å². The molecule has 0 unspecified atom stereocenters. The minimum absolute atomic E-state index is 0.205. The van der Waals surface area contributed by atoms with Gasteiger partial charge in [-0.15, -0.1) is 0 Å². The van der Waals surface area contributed by atoms with Gasteiger partial charge in [0.15, 0.2) is 0 Å². The number of carbonyl (C=O) groups is 1. The molecule has 0 saturated heterocycles. The molecule has 0 heterocycles. The van der Waals surface area contributed by atoms with Crippen LogP contribution in [-0.4, -0.2) is 32.3 Å². The van der Waals surface area contributed by atoms with Crippen molar-refractivity contribution in [1.29, 1.82) is 0 Å². The molecular formula is C8H17NO3. The van der Waals surface area contributed by atoms with Crippen LogP contribution in [0.4, 0.5) is 0 Å². The van der Waals surface area contributed by atoms with Crippen LogP contribution in [0, 0.1) is 5.92 Å². The Bertz CT molecular complexity index is 136. The predicted octanol–water partition coefficient (Wildman–Crippen LogP) is 0.159. The van der Waals surface area contributed by atoms with Crippen LogP contribution in [0.5, 0.6) is 0 Å². The first kappa shape index (κ1) is 11.4. The molecule has 72 valence electrons. The van der Waals surface area contributed by atoms with E-state index >= 15 is 0 Å². The van der Waals surface area contributed by atoms with Crippen molar-refractivity contribution >= 4 is 5.97 Å². The molecule has 4 nitrogen and oxygen atoms in total. The zero-order valence-corrected chi connectivity index (χ0v) is 7.87. The zero-order valence-electron chi connectivity index (χ0n) is 7.87. The topological polar surface area (TPSA) is 61.5 Å². The van der Waals surface area contributed by atoms with Gasteiger partial charge in [0.1, 0.15) is 6.04 Å². The molecule has 12 heavy (non-hydrogen) atoms. The maximum Gasteiger partial charge on any atom is 0.325 e. The molecule has 0 aliphatic rings. The van der Waals surface area contributed by atoms with Crippen molar-refractivity contribution in [3.8, 4) is 0 Å². The maximum atomic E-state index is 11.0. The molecule has 0 aliphatic heterocycles. The number of ether oxygens (including phenoxy) is 2. The molecule has 0 aliphatic carbocycles. The van der Waals surface area contributed by atoms with Crippen LogP contribution < -0.4 is 5.73 Å². The summed E-state index contributed by atoms with van der Waals surface area (Å²) >= 11 is 0. The van der Waals surface area contributed by atoms with E-state index in [9.17, 15) is 4.79 Å². The molecule has 2 N–H and O–H groups in total. The van der Waals surface area contributed by atoms with E-state index in [0.717, 1.165) is 0 Å². The fourth-order valence-corrected chi connectivity index (χ4v) is 0.603. The summed E-state index contributed by atoms with van der Waals surface area (Å²) < 4.78 is 9.58. The fourth-order valence-electron chi connectivity index (χ4n) is 0.603. The highest BCUT2D eigenvalue weighted by molar-refractivity contribution is 5.75. The van der Waals surface area contributed by atoms with Gasteiger partial charge in [-0.05, 0) is 5.92 Å².